The van der Waals surface area contributed by atoms with Crippen LogP contribution in [0.25, 0.3) is 11.1 Å². The number of aryl methyl sites for hydroxylation is 2. The Hall–Kier alpha value is -3.66. The third-order valence-corrected chi connectivity index (χ3v) is 5.66. The molecule has 1 aromatic carbocycles. The highest BCUT2D eigenvalue weighted by atomic mass is 19.4. The topological polar surface area (TPSA) is 76.5 Å². The monoisotopic (exact) mass is 472 g/mol. The minimum absolute atomic E-state index is 0.132. The molecule has 178 valence electrons. The van der Waals surface area contributed by atoms with Gasteiger partial charge >= 0.3 is 6.18 Å². The van der Waals surface area contributed by atoms with E-state index in [0.29, 0.717) is 32.0 Å². The van der Waals surface area contributed by atoms with Crippen molar-refractivity contribution in [3.63, 3.8) is 0 Å². The van der Waals surface area contributed by atoms with Crippen molar-refractivity contribution in [2.24, 2.45) is 7.05 Å². The number of ether oxygens (including phenoxy) is 1. The molecule has 3 heterocycles. The van der Waals surface area contributed by atoms with E-state index in [1.807, 2.05) is 11.8 Å². The Labute approximate surface area is 193 Å². The first-order valence-electron chi connectivity index (χ1n) is 10.6. The smallest absolute Gasteiger partial charge is 0.378 e. The highest BCUT2D eigenvalue weighted by molar-refractivity contribution is 6.04. The first-order valence-corrected chi connectivity index (χ1v) is 10.6. The van der Waals surface area contributed by atoms with Gasteiger partial charge in [-0.2, -0.15) is 13.2 Å². The third-order valence-electron chi connectivity index (χ3n) is 5.66. The van der Waals surface area contributed by atoms with Crippen molar-refractivity contribution >= 4 is 17.4 Å². The summed E-state index contributed by atoms with van der Waals surface area (Å²) in [6.45, 7) is 4.15. The normalized spacial score (nSPS) is 14.2. The predicted octanol–water partition coefficient (Wildman–Crippen LogP) is 3.86. The summed E-state index contributed by atoms with van der Waals surface area (Å²) >= 11 is 0. The Balaban J connectivity index is 1.66. The molecule has 2 aromatic heterocycles. The van der Waals surface area contributed by atoms with Gasteiger partial charge in [0.2, 0.25) is 0 Å². The van der Waals surface area contributed by atoms with Gasteiger partial charge in [0.1, 0.15) is 11.5 Å². The van der Waals surface area contributed by atoms with Crippen molar-refractivity contribution < 1.29 is 22.7 Å². The molecular weight excluding hydrogens is 449 g/mol. The van der Waals surface area contributed by atoms with Crippen molar-refractivity contribution in [1.82, 2.24) is 9.55 Å². The molecule has 0 spiro atoms. The molecule has 1 N–H and O–H groups in total. The van der Waals surface area contributed by atoms with Crippen molar-refractivity contribution in [1.29, 1.82) is 0 Å². The van der Waals surface area contributed by atoms with Gasteiger partial charge in [-0.05, 0) is 48.4 Å². The Kier molecular flexibility index (Phi) is 6.43. The third kappa shape index (κ3) is 4.96. The minimum atomic E-state index is -4.54. The zero-order valence-electron chi connectivity index (χ0n) is 18.6. The van der Waals surface area contributed by atoms with E-state index in [1.165, 1.54) is 4.57 Å². The standard InChI is InChI=1S/C24H23F3N4O3/c1-15-3-4-16(22(32)29-21-13-18(5-6-28-21)24(25,26)27)11-19(15)17-12-20(23(33)30(2)14-17)31-7-9-34-10-8-31/h3-6,11-14H,7-10H2,1-2H3,(H,28,29,32). The lowest BCUT2D eigenvalue weighted by Crippen LogP contribution is -2.40. The Morgan fingerprint density at radius 3 is 2.56 bits per heavy atom. The zero-order valence-corrected chi connectivity index (χ0v) is 18.6. The molecule has 1 fully saturated rings. The number of nitrogens with one attached hydrogen (secondary N) is 1. The summed E-state index contributed by atoms with van der Waals surface area (Å²) in [5.41, 5.74) is 2.12. The molecule has 7 nitrogen and oxygen atoms in total. The lowest BCUT2D eigenvalue weighted by atomic mass is 9.98. The fourth-order valence-corrected chi connectivity index (χ4v) is 3.81. The van der Waals surface area contributed by atoms with Crippen LogP contribution in [0.4, 0.5) is 24.7 Å². The van der Waals surface area contributed by atoms with E-state index < -0.39 is 17.6 Å². The second-order valence-electron chi connectivity index (χ2n) is 8.04. The lowest BCUT2D eigenvalue weighted by molar-refractivity contribution is -0.137. The maximum atomic E-state index is 13.0. The SMILES string of the molecule is Cc1ccc(C(=O)Nc2cc(C(F)(F)F)ccn2)cc1-c1cc(N2CCOCC2)c(=O)n(C)c1. The van der Waals surface area contributed by atoms with E-state index in [-0.39, 0.29) is 16.9 Å². The Morgan fingerprint density at radius 2 is 1.85 bits per heavy atom. The van der Waals surface area contributed by atoms with Crippen LogP contribution in [-0.2, 0) is 18.0 Å². The van der Waals surface area contributed by atoms with Crippen LogP contribution < -0.4 is 15.8 Å². The maximum Gasteiger partial charge on any atom is 0.416 e. The first kappa shape index (κ1) is 23.5. The number of amides is 1. The van der Waals surface area contributed by atoms with E-state index in [2.05, 4.69) is 10.3 Å². The van der Waals surface area contributed by atoms with Crippen LogP contribution in [0, 0.1) is 6.92 Å². The van der Waals surface area contributed by atoms with Gasteiger partial charge in [-0.1, -0.05) is 6.07 Å². The number of rotatable bonds is 4. The number of hydrogen-bond acceptors (Lipinski definition) is 5. The van der Waals surface area contributed by atoms with Crippen LogP contribution in [0.2, 0.25) is 0 Å². The summed E-state index contributed by atoms with van der Waals surface area (Å²) in [5, 5.41) is 2.43. The van der Waals surface area contributed by atoms with Gasteiger partial charge in [0.25, 0.3) is 11.5 Å². The summed E-state index contributed by atoms with van der Waals surface area (Å²) < 4.78 is 45.8. The quantitative estimate of drug-likeness (QED) is 0.624. The number of alkyl halides is 3. The molecule has 4 rings (SSSR count). The number of anilines is 2. The van der Waals surface area contributed by atoms with Crippen molar-refractivity contribution in [2.75, 3.05) is 36.5 Å². The van der Waals surface area contributed by atoms with Crippen LogP contribution in [-0.4, -0.2) is 41.8 Å². The molecule has 0 unspecified atom stereocenters. The van der Waals surface area contributed by atoms with Gasteiger partial charge in [-0.3, -0.25) is 9.59 Å². The van der Waals surface area contributed by atoms with Gasteiger partial charge in [-0.25, -0.2) is 4.98 Å². The zero-order chi connectivity index (χ0) is 24.5. The van der Waals surface area contributed by atoms with Gasteiger partial charge < -0.3 is 19.5 Å². The lowest BCUT2D eigenvalue weighted by Gasteiger charge is -2.29. The number of morpholine rings is 1. The average Bonchev–Trinajstić information content (AvgIpc) is 2.81. The largest absolute Gasteiger partial charge is 0.416 e. The minimum Gasteiger partial charge on any atom is -0.378 e. The summed E-state index contributed by atoms with van der Waals surface area (Å²) in [6, 6.07) is 8.42. The van der Waals surface area contributed by atoms with E-state index in [4.69, 9.17) is 4.74 Å². The van der Waals surface area contributed by atoms with E-state index in [9.17, 15) is 22.8 Å². The summed E-state index contributed by atoms with van der Waals surface area (Å²) in [5.74, 6) is -0.787. The molecule has 1 aliphatic heterocycles. The fraction of sp³-hybridized carbons (Fsp3) is 0.292. The second kappa shape index (κ2) is 9.30. The van der Waals surface area contributed by atoms with Crippen molar-refractivity contribution in [3.8, 4) is 11.1 Å². The maximum absolute atomic E-state index is 13.0. The number of carbonyl (C=O) groups is 1. The van der Waals surface area contributed by atoms with Crippen LogP contribution in [0.3, 0.4) is 0 Å². The van der Waals surface area contributed by atoms with Crippen LogP contribution >= 0.6 is 0 Å². The number of benzene rings is 1. The molecule has 1 saturated heterocycles. The molecule has 0 bridgehead atoms. The fourth-order valence-electron chi connectivity index (χ4n) is 3.81. The highest BCUT2D eigenvalue weighted by Gasteiger charge is 2.31. The number of pyridine rings is 2. The Bertz CT molecular complexity index is 1280. The molecule has 1 aliphatic rings. The molecule has 0 radical (unpaired) electrons. The molecule has 10 heteroatoms. The average molecular weight is 472 g/mol. The van der Waals surface area contributed by atoms with E-state index in [0.717, 1.165) is 35.0 Å². The molecular formula is C24H23F3N4O3. The second-order valence-corrected chi connectivity index (χ2v) is 8.04. The molecule has 1 amide bonds. The van der Waals surface area contributed by atoms with Crippen molar-refractivity contribution in [3.05, 3.63) is 75.8 Å². The molecule has 0 atom stereocenters. The highest BCUT2D eigenvalue weighted by Crippen LogP contribution is 2.30. The number of aromatic nitrogens is 2. The Morgan fingerprint density at radius 1 is 1.12 bits per heavy atom. The number of nitrogens with zero attached hydrogens (tertiary/aromatic N) is 3. The molecule has 0 saturated carbocycles. The molecule has 3 aromatic rings. The number of halogens is 3. The van der Waals surface area contributed by atoms with Gasteiger partial charge in [0, 0.05) is 43.7 Å². The van der Waals surface area contributed by atoms with E-state index in [1.54, 1.807) is 37.5 Å². The van der Waals surface area contributed by atoms with Gasteiger partial charge in [-0.15, -0.1) is 0 Å². The van der Waals surface area contributed by atoms with Crippen LogP contribution in [0.5, 0.6) is 0 Å². The number of carbonyl (C=O) groups excluding carboxylic acids is 1. The van der Waals surface area contributed by atoms with E-state index >= 15 is 0 Å². The molecule has 0 aliphatic carbocycles. The molecule has 34 heavy (non-hydrogen) atoms. The number of hydrogen-bond donors (Lipinski definition) is 1. The summed E-state index contributed by atoms with van der Waals surface area (Å²) in [7, 11) is 1.67. The summed E-state index contributed by atoms with van der Waals surface area (Å²) in [6.07, 6.45) is -1.85. The van der Waals surface area contributed by atoms with Gasteiger partial charge in [0.15, 0.2) is 0 Å². The van der Waals surface area contributed by atoms with Gasteiger partial charge in [0.05, 0.1) is 18.8 Å². The van der Waals surface area contributed by atoms with Crippen molar-refractivity contribution in [2.45, 2.75) is 13.1 Å². The predicted molar refractivity (Wildman–Crippen MR) is 122 cm³/mol. The van der Waals surface area contributed by atoms with Crippen LogP contribution in [0.1, 0.15) is 21.5 Å². The first-order chi connectivity index (χ1) is 16.1. The summed E-state index contributed by atoms with van der Waals surface area (Å²) in [4.78, 5) is 31.3. The van der Waals surface area contributed by atoms with Crippen LogP contribution in [0.15, 0.2) is 53.6 Å².